The zero-order valence-electron chi connectivity index (χ0n) is 24.2. The molecule has 0 saturated carbocycles. The molecular weight excluding hydrogens is 528 g/mol. The molecule has 0 radical (unpaired) electrons. The number of unbranched alkanes of at least 4 members (excludes halogenated alkanes) is 1. The maximum absolute atomic E-state index is 13.4. The summed E-state index contributed by atoms with van der Waals surface area (Å²) >= 11 is 1.55. The van der Waals surface area contributed by atoms with Crippen LogP contribution in [0.2, 0.25) is 0 Å². The Labute approximate surface area is 241 Å². The fraction of sp³-hybridized carbons (Fsp3) is 0.452. The van der Waals surface area contributed by atoms with E-state index in [0.717, 1.165) is 41.2 Å². The number of methoxy groups -OCH3 is 3. The molecule has 0 fully saturated rings. The topological polar surface area (TPSA) is 69.7 Å². The summed E-state index contributed by atoms with van der Waals surface area (Å²) in [6.45, 7) is 3.84. The molecule has 9 heteroatoms. The van der Waals surface area contributed by atoms with Crippen LogP contribution in [0.3, 0.4) is 0 Å². The van der Waals surface area contributed by atoms with Crippen LogP contribution in [-0.4, -0.2) is 77.9 Å². The summed E-state index contributed by atoms with van der Waals surface area (Å²) in [6, 6.07) is 13.6. The van der Waals surface area contributed by atoms with Gasteiger partial charge >= 0.3 is 0 Å². The van der Waals surface area contributed by atoms with Crippen molar-refractivity contribution in [2.24, 2.45) is 0 Å². The standard InChI is InChI=1S/C31H40N2O6S/c1-7-39-31(37-6)17-16-22(20-28(31)36-5)32(2)18-10-11-19-38-26-15-14-23(35-4)21-24(26)29-30(34)33(3)25-12-8-9-13-27(25)40-29/h8-9,12-17,20-21,28-29H,7,10-11,18-19H2,1-6H3. The third-order valence-corrected chi connectivity index (χ3v) is 8.55. The maximum atomic E-state index is 13.4. The molecule has 4 rings (SSSR count). The first-order valence-electron chi connectivity index (χ1n) is 13.6. The van der Waals surface area contributed by atoms with Crippen LogP contribution in [-0.2, 0) is 19.0 Å². The fourth-order valence-electron chi connectivity index (χ4n) is 4.96. The lowest BCUT2D eigenvalue weighted by molar-refractivity contribution is -0.233. The quantitative estimate of drug-likeness (QED) is 0.234. The van der Waals surface area contributed by atoms with E-state index < -0.39 is 11.0 Å². The number of carbonyl (C=O) groups excluding carboxylic acids is 1. The van der Waals surface area contributed by atoms with Crippen molar-refractivity contribution in [3.05, 3.63) is 72.0 Å². The summed E-state index contributed by atoms with van der Waals surface area (Å²) in [5, 5.41) is -0.411. The Bertz CT molecular complexity index is 1230. The minimum Gasteiger partial charge on any atom is -0.497 e. The number of anilines is 1. The van der Waals surface area contributed by atoms with Gasteiger partial charge in [-0.1, -0.05) is 12.1 Å². The highest BCUT2D eigenvalue weighted by Crippen LogP contribution is 2.48. The van der Waals surface area contributed by atoms with Crippen molar-refractivity contribution in [3.63, 3.8) is 0 Å². The molecule has 0 aromatic heterocycles. The van der Waals surface area contributed by atoms with Crippen LogP contribution >= 0.6 is 11.8 Å². The van der Waals surface area contributed by atoms with Gasteiger partial charge in [-0.2, -0.15) is 0 Å². The van der Waals surface area contributed by atoms with Crippen molar-refractivity contribution in [1.82, 2.24) is 4.90 Å². The molecule has 0 saturated heterocycles. The predicted octanol–water partition coefficient (Wildman–Crippen LogP) is 5.44. The van der Waals surface area contributed by atoms with Crippen molar-refractivity contribution in [3.8, 4) is 11.5 Å². The first-order valence-corrected chi connectivity index (χ1v) is 14.4. The number of fused-ring (bicyclic) bond motifs is 1. The number of likely N-dealkylation sites (N-methyl/N-ethyl adjacent to an activating group) is 2. The van der Waals surface area contributed by atoms with Gasteiger partial charge in [0.25, 0.3) is 0 Å². The van der Waals surface area contributed by atoms with Gasteiger partial charge in [-0.15, -0.1) is 11.8 Å². The normalized spacial score (nSPS) is 22.1. The molecule has 8 nitrogen and oxygen atoms in total. The van der Waals surface area contributed by atoms with Crippen LogP contribution in [0, 0.1) is 0 Å². The molecule has 2 aromatic rings. The maximum Gasteiger partial charge on any atom is 0.244 e. The number of allylic oxidation sites excluding steroid dienone is 1. The smallest absolute Gasteiger partial charge is 0.244 e. The van der Waals surface area contributed by atoms with Crippen LogP contribution in [0.25, 0.3) is 0 Å². The summed E-state index contributed by atoms with van der Waals surface area (Å²) in [6.07, 6.45) is 7.42. The van der Waals surface area contributed by atoms with Crippen molar-refractivity contribution in [2.45, 2.75) is 41.8 Å². The third kappa shape index (κ3) is 6.33. The number of ether oxygens (including phenoxy) is 5. The number of para-hydroxylation sites is 1. The van der Waals surface area contributed by atoms with Crippen molar-refractivity contribution in [1.29, 1.82) is 0 Å². The Balaban J connectivity index is 1.36. The van der Waals surface area contributed by atoms with Gasteiger partial charge in [0.1, 0.15) is 22.9 Å². The molecule has 40 heavy (non-hydrogen) atoms. The molecule has 1 heterocycles. The van der Waals surface area contributed by atoms with Crippen LogP contribution in [0.5, 0.6) is 11.5 Å². The Morgan fingerprint density at radius 2 is 1.90 bits per heavy atom. The molecule has 1 aliphatic carbocycles. The lowest BCUT2D eigenvalue weighted by Crippen LogP contribution is -2.47. The summed E-state index contributed by atoms with van der Waals surface area (Å²) in [4.78, 5) is 18.3. The van der Waals surface area contributed by atoms with Gasteiger partial charge in [0.15, 0.2) is 0 Å². The van der Waals surface area contributed by atoms with Crippen LogP contribution in [0.1, 0.15) is 30.6 Å². The van der Waals surface area contributed by atoms with E-state index in [0.29, 0.717) is 24.7 Å². The average Bonchev–Trinajstić information content (AvgIpc) is 2.99. The van der Waals surface area contributed by atoms with Crippen molar-refractivity contribution >= 4 is 23.4 Å². The third-order valence-electron chi connectivity index (χ3n) is 7.26. The molecular formula is C31H40N2O6S. The number of benzene rings is 2. The van der Waals surface area contributed by atoms with Gasteiger partial charge in [0.2, 0.25) is 11.7 Å². The van der Waals surface area contributed by atoms with Gasteiger partial charge in [-0.25, -0.2) is 0 Å². The number of nitrogens with zero attached hydrogens (tertiary/aromatic N) is 2. The minimum absolute atomic E-state index is 0.0217. The summed E-state index contributed by atoms with van der Waals surface area (Å²) < 4.78 is 28.9. The van der Waals surface area contributed by atoms with E-state index in [4.69, 9.17) is 23.7 Å². The fourth-order valence-corrected chi connectivity index (χ4v) is 6.27. The highest BCUT2D eigenvalue weighted by molar-refractivity contribution is 8.00. The number of thioether (sulfide) groups is 1. The molecule has 216 valence electrons. The second kappa shape index (κ2) is 13.6. The van der Waals surface area contributed by atoms with Crippen LogP contribution in [0.15, 0.2) is 71.3 Å². The van der Waals surface area contributed by atoms with E-state index in [9.17, 15) is 4.79 Å². The first-order chi connectivity index (χ1) is 19.4. The monoisotopic (exact) mass is 568 g/mol. The van der Waals surface area contributed by atoms with Gasteiger partial charge in [-0.05, 0) is 68.3 Å². The van der Waals surface area contributed by atoms with Gasteiger partial charge < -0.3 is 33.5 Å². The minimum atomic E-state index is -0.910. The Hall–Kier alpha value is -2.98. The SMILES string of the molecule is CCOC1(OC)C=CC(N(C)CCCCOc2ccc(OC)cc2C2Sc3ccccc3N(C)C2=O)=CC1OC. The van der Waals surface area contributed by atoms with Crippen LogP contribution in [0.4, 0.5) is 5.69 Å². The average molecular weight is 569 g/mol. The number of hydrogen-bond acceptors (Lipinski definition) is 8. The Kier molecular flexibility index (Phi) is 10.2. The Morgan fingerprint density at radius 1 is 1.10 bits per heavy atom. The van der Waals surface area contributed by atoms with Crippen molar-refractivity contribution < 1.29 is 28.5 Å². The van der Waals surface area contributed by atoms with E-state index in [2.05, 4.69) is 11.9 Å². The molecule has 0 bridgehead atoms. The highest BCUT2D eigenvalue weighted by atomic mass is 32.2. The van der Waals surface area contributed by atoms with Gasteiger partial charge in [0, 0.05) is 57.6 Å². The number of amides is 1. The predicted molar refractivity (Wildman–Crippen MR) is 158 cm³/mol. The zero-order valence-corrected chi connectivity index (χ0v) is 25.0. The van der Waals surface area contributed by atoms with Gasteiger partial charge in [0.05, 0.1) is 19.4 Å². The first kappa shape index (κ1) is 30.0. The van der Waals surface area contributed by atoms with E-state index in [1.807, 2.05) is 74.7 Å². The van der Waals surface area contributed by atoms with Gasteiger partial charge in [-0.3, -0.25) is 4.79 Å². The zero-order chi connectivity index (χ0) is 28.7. The number of rotatable bonds is 13. The van der Waals surface area contributed by atoms with E-state index >= 15 is 0 Å². The molecule has 1 amide bonds. The molecule has 0 spiro atoms. The summed E-state index contributed by atoms with van der Waals surface area (Å²) in [5.41, 5.74) is 2.80. The molecule has 2 aliphatic rings. The molecule has 3 atom stereocenters. The molecule has 2 aromatic carbocycles. The second-order valence-electron chi connectivity index (χ2n) is 9.68. The highest BCUT2D eigenvalue weighted by Gasteiger charge is 2.39. The van der Waals surface area contributed by atoms with E-state index in [-0.39, 0.29) is 12.0 Å². The largest absolute Gasteiger partial charge is 0.497 e. The summed E-state index contributed by atoms with van der Waals surface area (Å²) in [5.74, 6) is 0.518. The lowest BCUT2D eigenvalue weighted by Gasteiger charge is -2.38. The second-order valence-corrected chi connectivity index (χ2v) is 10.8. The molecule has 0 N–H and O–H groups in total. The lowest BCUT2D eigenvalue weighted by atomic mass is 10.0. The van der Waals surface area contributed by atoms with E-state index in [1.165, 1.54) is 0 Å². The Morgan fingerprint density at radius 3 is 2.62 bits per heavy atom. The number of carbonyl (C=O) groups is 1. The number of hydrogen-bond donors (Lipinski definition) is 0. The van der Waals surface area contributed by atoms with Crippen LogP contribution < -0.4 is 14.4 Å². The molecule has 3 unspecified atom stereocenters. The van der Waals surface area contributed by atoms with Crippen molar-refractivity contribution in [2.75, 3.05) is 60.1 Å². The summed E-state index contributed by atoms with van der Waals surface area (Å²) in [7, 11) is 8.80. The molecule has 1 aliphatic heterocycles. The van der Waals surface area contributed by atoms with E-state index in [1.54, 1.807) is 38.0 Å².